The van der Waals surface area contributed by atoms with E-state index < -0.39 is 4.92 Å². The number of benzene rings is 1. The molecule has 0 unspecified atom stereocenters. The second-order valence-corrected chi connectivity index (χ2v) is 4.99. The highest BCUT2D eigenvalue weighted by Gasteiger charge is 2.10. The lowest BCUT2D eigenvalue weighted by Gasteiger charge is -2.03. The van der Waals surface area contributed by atoms with Crippen molar-refractivity contribution in [1.82, 2.24) is 9.97 Å². The van der Waals surface area contributed by atoms with Gasteiger partial charge in [-0.15, -0.1) is 23.4 Å². The fraction of sp³-hybridized carbons (Fsp3) is 0.273. The van der Waals surface area contributed by atoms with Crippen molar-refractivity contribution in [3.05, 3.63) is 34.6 Å². The molecule has 0 N–H and O–H groups in total. The topological polar surface area (TPSA) is 68.9 Å². The van der Waals surface area contributed by atoms with E-state index in [4.69, 9.17) is 11.6 Å². The van der Waals surface area contributed by atoms with Gasteiger partial charge in [0.15, 0.2) is 0 Å². The first-order chi connectivity index (χ1) is 8.72. The van der Waals surface area contributed by atoms with Crippen molar-refractivity contribution in [1.29, 1.82) is 0 Å². The molecule has 0 aliphatic heterocycles. The molecule has 0 spiro atoms. The third kappa shape index (κ3) is 2.88. The number of hydrogen-bond acceptors (Lipinski definition) is 5. The summed E-state index contributed by atoms with van der Waals surface area (Å²) in [5.41, 5.74) is 0.764. The van der Waals surface area contributed by atoms with Gasteiger partial charge in [-0.25, -0.2) is 9.97 Å². The SMILES string of the molecule is O=[N+]([O-])c1ccc2ncnc(SCCCCl)c2c1. The van der Waals surface area contributed by atoms with Crippen molar-refractivity contribution >= 4 is 40.0 Å². The van der Waals surface area contributed by atoms with E-state index in [-0.39, 0.29) is 5.69 Å². The molecule has 94 valence electrons. The van der Waals surface area contributed by atoms with Crippen LogP contribution in [-0.2, 0) is 0 Å². The van der Waals surface area contributed by atoms with Gasteiger partial charge < -0.3 is 0 Å². The van der Waals surface area contributed by atoms with Gasteiger partial charge in [0.25, 0.3) is 5.69 Å². The van der Waals surface area contributed by atoms with Crippen LogP contribution < -0.4 is 0 Å². The molecule has 0 atom stereocenters. The maximum atomic E-state index is 10.8. The molecule has 0 aliphatic rings. The molecule has 5 nitrogen and oxygen atoms in total. The lowest BCUT2D eigenvalue weighted by atomic mass is 10.2. The van der Waals surface area contributed by atoms with E-state index in [1.807, 2.05) is 0 Å². The molecule has 0 saturated carbocycles. The maximum Gasteiger partial charge on any atom is 0.270 e. The number of alkyl halides is 1. The molecule has 0 saturated heterocycles. The Labute approximate surface area is 113 Å². The third-order valence-electron chi connectivity index (χ3n) is 2.31. The third-order valence-corrected chi connectivity index (χ3v) is 3.67. The van der Waals surface area contributed by atoms with Crippen molar-refractivity contribution in [3.8, 4) is 0 Å². The molecule has 0 aliphatic carbocycles. The molecule has 18 heavy (non-hydrogen) atoms. The summed E-state index contributed by atoms with van der Waals surface area (Å²) in [6, 6.07) is 4.60. The normalized spacial score (nSPS) is 10.7. The van der Waals surface area contributed by atoms with Gasteiger partial charge in [-0.1, -0.05) is 0 Å². The Morgan fingerprint density at radius 1 is 1.39 bits per heavy atom. The summed E-state index contributed by atoms with van der Waals surface area (Å²) in [6.45, 7) is 0. The number of nitro groups is 1. The van der Waals surface area contributed by atoms with Crippen LogP contribution >= 0.6 is 23.4 Å². The van der Waals surface area contributed by atoms with Crippen LogP contribution in [0, 0.1) is 10.1 Å². The van der Waals surface area contributed by atoms with Gasteiger partial charge in [-0.3, -0.25) is 10.1 Å². The minimum Gasteiger partial charge on any atom is -0.258 e. The molecule has 7 heteroatoms. The first kappa shape index (κ1) is 13.0. The van der Waals surface area contributed by atoms with E-state index >= 15 is 0 Å². The zero-order valence-electron chi connectivity index (χ0n) is 9.38. The van der Waals surface area contributed by atoms with Crippen LogP contribution in [0.4, 0.5) is 5.69 Å². The van der Waals surface area contributed by atoms with Gasteiger partial charge in [0.2, 0.25) is 0 Å². The van der Waals surface area contributed by atoms with E-state index in [0.717, 1.165) is 17.2 Å². The van der Waals surface area contributed by atoms with Gasteiger partial charge in [0.1, 0.15) is 11.4 Å². The molecule has 2 aromatic rings. The number of fused-ring (bicyclic) bond motifs is 1. The van der Waals surface area contributed by atoms with Crippen LogP contribution in [-0.4, -0.2) is 26.5 Å². The standard InChI is InChI=1S/C11H10ClN3O2S/c12-4-1-5-18-11-9-6-8(15(16)17)2-3-10(9)13-7-14-11/h2-3,6-7H,1,4-5H2. The molecule has 0 radical (unpaired) electrons. The second kappa shape index (κ2) is 5.97. The molecule has 1 aromatic carbocycles. The molecule has 1 heterocycles. The highest BCUT2D eigenvalue weighted by Crippen LogP contribution is 2.27. The van der Waals surface area contributed by atoms with E-state index in [0.29, 0.717) is 16.8 Å². The summed E-state index contributed by atoms with van der Waals surface area (Å²) in [4.78, 5) is 18.6. The van der Waals surface area contributed by atoms with E-state index in [2.05, 4.69) is 9.97 Å². The summed E-state index contributed by atoms with van der Waals surface area (Å²) in [5, 5.41) is 12.2. The van der Waals surface area contributed by atoms with Gasteiger partial charge in [-0.2, -0.15) is 0 Å². The van der Waals surface area contributed by atoms with Crippen molar-refractivity contribution in [2.45, 2.75) is 11.4 Å². The number of nitrogens with zero attached hydrogens (tertiary/aromatic N) is 3. The lowest BCUT2D eigenvalue weighted by molar-refractivity contribution is -0.384. The average Bonchev–Trinajstić information content (AvgIpc) is 2.38. The molecular weight excluding hydrogens is 274 g/mol. The van der Waals surface area contributed by atoms with Crippen molar-refractivity contribution < 1.29 is 4.92 Å². The molecule has 2 rings (SSSR count). The predicted octanol–water partition coefficient (Wildman–Crippen LogP) is 3.26. The monoisotopic (exact) mass is 283 g/mol. The maximum absolute atomic E-state index is 10.8. The zero-order chi connectivity index (χ0) is 13.0. The Morgan fingerprint density at radius 2 is 2.22 bits per heavy atom. The number of halogens is 1. The number of non-ortho nitro benzene ring substituents is 1. The summed E-state index contributed by atoms with van der Waals surface area (Å²) in [5.74, 6) is 1.43. The van der Waals surface area contributed by atoms with Crippen LogP contribution in [0.5, 0.6) is 0 Å². The quantitative estimate of drug-likeness (QED) is 0.210. The Bertz CT molecular complexity index is 579. The van der Waals surface area contributed by atoms with Crippen LogP contribution in [0.15, 0.2) is 29.6 Å². The Balaban J connectivity index is 2.39. The minimum atomic E-state index is -0.417. The van der Waals surface area contributed by atoms with Gasteiger partial charge in [0, 0.05) is 29.2 Å². The minimum absolute atomic E-state index is 0.0523. The van der Waals surface area contributed by atoms with Crippen LogP contribution in [0.1, 0.15) is 6.42 Å². The highest BCUT2D eigenvalue weighted by molar-refractivity contribution is 7.99. The number of aromatic nitrogens is 2. The van der Waals surface area contributed by atoms with Gasteiger partial charge in [-0.05, 0) is 12.5 Å². The number of thioether (sulfide) groups is 1. The number of hydrogen-bond donors (Lipinski definition) is 0. The largest absolute Gasteiger partial charge is 0.270 e. The van der Waals surface area contributed by atoms with Crippen molar-refractivity contribution in [2.75, 3.05) is 11.6 Å². The summed E-state index contributed by atoms with van der Waals surface area (Å²) < 4.78 is 0. The fourth-order valence-corrected chi connectivity index (χ4v) is 2.69. The predicted molar refractivity (Wildman–Crippen MR) is 72.3 cm³/mol. The molecule has 0 amide bonds. The Kier molecular flexibility index (Phi) is 4.33. The fourth-order valence-electron chi connectivity index (χ4n) is 1.47. The van der Waals surface area contributed by atoms with Gasteiger partial charge in [0.05, 0.1) is 10.4 Å². The van der Waals surface area contributed by atoms with Crippen LogP contribution in [0.25, 0.3) is 10.9 Å². The molecule has 0 bridgehead atoms. The Hall–Kier alpha value is -1.40. The molecular formula is C11H10ClN3O2S. The van der Waals surface area contributed by atoms with Crippen molar-refractivity contribution in [3.63, 3.8) is 0 Å². The van der Waals surface area contributed by atoms with E-state index in [9.17, 15) is 10.1 Å². The van der Waals surface area contributed by atoms with Crippen LogP contribution in [0.2, 0.25) is 0 Å². The van der Waals surface area contributed by atoms with Gasteiger partial charge >= 0.3 is 0 Å². The van der Waals surface area contributed by atoms with Crippen molar-refractivity contribution in [2.24, 2.45) is 0 Å². The van der Waals surface area contributed by atoms with E-state index in [1.54, 1.807) is 6.07 Å². The molecule has 0 fully saturated rings. The average molecular weight is 284 g/mol. The second-order valence-electron chi connectivity index (χ2n) is 3.53. The highest BCUT2D eigenvalue weighted by atomic mass is 35.5. The summed E-state index contributed by atoms with van der Waals surface area (Å²) in [7, 11) is 0. The number of nitro benzene ring substituents is 1. The Morgan fingerprint density at radius 3 is 2.94 bits per heavy atom. The number of rotatable bonds is 5. The molecule has 1 aromatic heterocycles. The lowest BCUT2D eigenvalue weighted by Crippen LogP contribution is -1.92. The van der Waals surface area contributed by atoms with E-state index in [1.165, 1.54) is 30.2 Å². The zero-order valence-corrected chi connectivity index (χ0v) is 10.9. The van der Waals surface area contributed by atoms with Crippen LogP contribution in [0.3, 0.4) is 0 Å². The first-order valence-electron chi connectivity index (χ1n) is 5.30. The first-order valence-corrected chi connectivity index (χ1v) is 6.82. The summed E-state index contributed by atoms with van der Waals surface area (Å²) in [6.07, 6.45) is 2.34. The summed E-state index contributed by atoms with van der Waals surface area (Å²) >= 11 is 7.15. The smallest absolute Gasteiger partial charge is 0.258 e.